The number of aryl methyl sites for hydroxylation is 1. The molecule has 9 nitrogen and oxygen atoms in total. The molecule has 2 aliphatic heterocycles. The molecule has 1 aromatic carbocycles. The summed E-state index contributed by atoms with van der Waals surface area (Å²) in [6.45, 7) is 6.18. The Labute approximate surface area is 224 Å². The van der Waals surface area contributed by atoms with E-state index in [2.05, 4.69) is 25.5 Å². The van der Waals surface area contributed by atoms with Gasteiger partial charge in [0.2, 0.25) is 0 Å². The number of fused-ring (bicyclic) bond motifs is 2. The maximum atomic E-state index is 14.2. The van der Waals surface area contributed by atoms with Crippen molar-refractivity contribution in [1.82, 2.24) is 20.2 Å². The molecule has 0 bridgehead atoms. The third-order valence-corrected chi connectivity index (χ3v) is 8.73. The van der Waals surface area contributed by atoms with E-state index in [0.717, 1.165) is 37.0 Å². The normalized spacial score (nSPS) is 23.2. The second-order valence-electron chi connectivity index (χ2n) is 10.1. The largest absolute Gasteiger partial charge is 0.488 e. The molecule has 2 aromatic heterocycles. The molecule has 0 spiro atoms. The Hall–Kier alpha value is -2.86. The first-order valence-corrected chi connectivity index (χ1v) is 14.1. The van der Waals surface area contributed by atoms with Crippen LogP contribution in [0.5, 0.6) is 5.75 Å². The highest BCUT2D eigenvalue weighted by molar-refractivity contribution is 7.20. The number of carbonyl (C=O) groups excluding carboxylic acids is 1. The summed E-state index contributed by atoms with van der Waals surface area (Å²) in [6.07, 6.45) is 6.21. The topological polar surface area (TPSA) is 97.8 Å². The Morgan fingerprint density at radius 2 is 2.00 bits per heavy atom. The molecule has 2 saturated heterocycles. The first kappa shape index (κ1) is 25.4. The summed E-state index contributed by atoms with van der Waals surface area (Å²) in [5.41, 5.74) is 1.40. The van der Waals surface area contributed by atoms with Crippen LogP contribution in [0, 0.1) is 12.7 Å². The molecule has 1 amide bonds. The number of aromatic nitrogens is 2. The highest BCUT2D eigenvalue weighted by Gasteiger charge is 2.41. The van der Waals surface area contributed by atoms with Crippen molar-refractivity contribution in [2.45, 2.75) is 57.3 Å². The fourth-order valence-corrected chi connectivity index (χ4v) is 6.62. The molecule has 1 saturated carbocycles. The summed E-state index contributed by atoms with van der Waals surface area (Å²) in [6, 6.07) is 4.39. The molecule has 3 atom stereocenters. The third kappa shape index (κ3) is 5.33. The van der Waals surface area contributed by atoms with Crippen molar-refractivity contribution < 1.29 is 23.4 Å². The number of nitrogens with one attached hydrogen (secondary N) is 2. The van der Waals surface area contributed by atoms with Crippen molar-refractivity contribution in [2.24, 2.45) is 0 Å². The van der Waals surface area contributed by atoms with E-state index in [0.29, 0.717) is 53.1 Å². The van der Waals surface area contributed by atoms with Crippen LogP contribution in [0.15, 0.2) is 24.5 Å². The maximum Gasteiger partial charge on any atom is 0.261 e. The van der Waals surface area contributed by atoms with Crippen LogP contribution in [-0.4, -0.2) is 72.1 Å². The van der Waals surface area contributed by atoms with Crippen molar-refractivity contribution in [2.75, 3.05) is 38.3 Å². The second-order valence-corrected chi connectivity index (χ2v) is 11.1. The lowest BCUT2D eigenvalue weighted by Gasteiger charge is -2.18. The highest BCUT2D eigenvalue weighted by Crippen LogP contribution is 2.38. The van der Waals surface area contributed by atoms with Gasteiger partial charge in [-0.3, -0.25) is 4.79 Å². The molecule has 1 aliphatic carbocycles. The third-order valence-electron chi connectivity index (χ3n) is 7.53. The number of likely N-dealkylation sites (tertiary alicyclic amines) is 1. The van der Waals surface area contributed by atoms with Gasteiger partial charge < -0.3 is 29.7 Å². The van der Waals surface area contributed by atoms with Crippen LogP contribution in [-0.2, 0) is 9.47 Å². The number of ether oxygens (including phenoxy) is 3. The zero-order valence-corrected chi connectivity index (χ0v) is 22.2. The van der Waals surface area contributed by atoms with E-state index in [1.807, 2.05) is 6.92 Å². The van der Waals surface area contributed by atoms with Crippen molar-refractivity contribution in [3.63, 3.8) is 0 Å². The van der Waals surface area contributed by atoms with Gasteiger partial charge in [-0.05, 0) is 63.5 Å². The highest BCUT2D eigenvalue weighted by atomic mass is 32.1. The number of hydrogen-bond acceptors (Lipinski definition) is 9. The summed E-state index contributed by atoms with van der Waals surface area (Å²) in [5.74, 6) is 0.452. The van der Waals surface area contributed by atoms with Crippen LogP contribution in [0.4, 0.5) is 15.9 Å². The summed E-state index contributed by atoms with van der Waals surface area (Å²) in [4.78, 5) is 25.6. The van der Waals surface area contributed by atoms with Gasteiger partial charge in [0, 0.05) is 25.5 Å². The molecule has 0 unspecified atom stereocenters. The van der Waals surface area contributed by atoms with E-state index in [1.54, 1.807) is 6.07 Å². The number of amides is 1. The van der Waals surface area contributed by atoms with E-state index in [4.69, 9.17) is 14.2 Å². The first-order valence-electron chi connectivity index (χ1n) is 13.3. The van der Waals surface area contributed by atoms with Gasteiger partial charge in [-0.25, -0.2) is 14.4 Å². The van der Waals surface area contributed by atoms with Crippen molar-refractivity contribution in [1.29, 1.82) is 0 Å². The molecule has 3 fully saturated rings. The van der Waals surface area contributed by atoms with Crippen LogP contribution < -0.4 is 15.4 Å². The molecular formula is C27H32FN5O4S. The standard InChI is InChI=1S/C27H32FN5O4S/c1-16-23-25(30-14-31-27(23)38-24(16)26(34)29-7-4-10-33-8-2-3-9-33)32-19-6-5-17(28)11-20(19)37-18-12-21-22(13-18)36-15-35-21/h5-6,11,14,18,21-22H,2-4,7-10,12-13,15H2,1H3,(H,29,34)(H,30,31,32)/t18-,21-,22+. The quantitative estimate of drug-likeness (QED) is 0.385. The summed E-state index contributed by atoms with van der Waals surface area (Å²) in [7, 11) is 0. The zero-order valence-electron chi connectivity index (χ0n) is 21.4. The predicted octanol–water partition coefficient (Wildman–Crippen LogP) is 4.38. The zero-order chi connectivity index (χ0) is 26.1. The Kier molecular flexibility index (Phi) is 7.42. The van der Waals surface area contributed by atoms with Crippen LogP contribution >= 0.6 is 11.3 Å². The summed E-state index contributed by atoms with van der Waals surface area (Å²) in [5, 5.41) is 7.14. The van der Waals surface area contributed by atoms with Crippen LogP contribution in [0.1, 0.15) is 47.3 Å². The first-order chi connectivity index (χ1) is 18.5. The number of benzene rings is 1. The number of rotatable bonds is 9. The fourth-order valence-electron chi connectivity index (χ4n) is 5.56. The molecule has 3 aliphatic rings. The van der Waals surface area contributed by atoms with Crippen LogP contribution in [0.3, 0.4) is 0 Å². The smallest absolute Gasteiger partial charge is 0.261 e. The van der Waals surface area contributed by atoms with E-state index >= 15 is 0 Å². The molecule has 202 valence electrons. The Bertz CT molecular complexity index is 1300. The fraction of sp³-hybridized carbons (Fsp3) is 0.519. The number of carbonyl (C=O) groups is 1. The lowest BCUT2D eigenvalue weighted by molar-refractivity contribution is 0.0123. The average Bonchev–Trinajstić information content (AvgIpc) is 3.69. The molecule has 4 heterocycles. The molecule has 38 heavy (non-hydrogen) atoms. The van der Waals surface area contributed by atoms with Gasteiger partial charge in [0.25, 0.3) is 5.91 Å². The summed E-state index contributed by atoms with van der Waals surface area (Å²) < 4.78 is 31.6. The van der Waals surface area contributed by atoms with Gasteiger partial charge in [0.1, 0.15) is 41.4 Å². The Morgan fingerprint density at radius 3 is 2.79 bits per heavy atom. The van der Waals surface area contributed by atoms with Gasteiger partial charge in [-0.1, -0.05) is 0 Å². The predicted molar refractivity (Wildman–Crippen MR) is 143 cm³/mol. The van der Waals surface area contributed by atoms with Crippen LogP contribution in [0.2, 0.25) is 0 Å². The number of thiophene rings is 1. The Morgan fingerprint density at radius 1 is 1.21 bits per heavy atom. The average molecular weight is 542 g/mol. The van der Waals surface area contributed by atoms with E-state index in [-0.39, 0.29) is 30.0 Å². The molecule has 6 rings (SSSR count). The van der Waals surface area contributed by atoms with Gasteiger partial charge in [0.15, 0.2) is 0 Å². The Balaban J connectivity index is 1.17. The monoisotopic (exact) mass is 541 g/mol. The second kappa shape index (κ2) is 11.1. The van der Waals surface area contributed by atoms with Crippen molar-refractivity contribution in [3.05, 3.63) is 40.8 Å². The van der Waals surface area contributed by atoms with E-state index < -0.39 is 0 Å². The minimum absolute atomic E-state index is 0.0182. The lowest BCUT2D eigenvalue weighted by Crippen LogP contribution is -2.28. The molecule has 0 radical (unpaired) electrons. The van der Waals surface area contributed by atoms with Gasteiger partial charge in [0.05, 0.1) is 28.2 Å². The minimum Gasteiger partial charge on any atom is -0.488 e. The molecule has 3 aromatic rings. The van der Waals surface area contributed by atoms with Gasteiger partial charge >= 0.3 is 0 Å². The van der Waals surface area contributed by atoms with Gasteiger partial charge in [-0.15, -0.1) is 11.3 Å². The number of halogens is 1. The SMILES string of the molecule is Cc1c(C(=O)NCCCN2CCCC2)sc2ncnc(Nc3ccc(F)cc3O[C@H]3C[C@@H]4OCO[C@@H]4C3)c12. The maximum absolute atomic E-state index is 14.2. The molecular weight excluding hydrogens is 509 g/mol. The number of nitrogens with zero attached hydrogens (tertiary/aromatic N) is 3. The van der Waals surface area contributed by atoms with E-state index in [9.17, 15) is 9.18 Å². The lowest BCUT2D eigenvalue weighted by atomic mass is 10.2. The molecule has 2 N–H and O–H groups in total. The van der Waals surface area contributed by atoms with E-state index in [1.165, 1.54) is 42.6 Å². The van der Waals surface area contributed by atoms with Gasteiger partial charge in [-0.2, -0.15) is 0 Å². The number of hydrogen-bond donors (Lipinski definition) is 2. The minimum atomic E-state index is -0.389. The van der Waals surface area contributed by atoms with Crippen LogP contribution in [0.25, 0.3) is 10.2 Å². The van der Waals surface area contributed by atoms with Crippen molar-refractivity contribution in [3.8, 4) is 5.75 Å². The molecule has 11 heteroatoms. The van der Waals surface area contributed by atoms with Crippen molar-refractivity contribution >= 4 is 39.0 Å². The summed E-state index contributed by atoms with van der Waals surface area (Å²) >= 11 is 1.35. The number of anilines is 2.